The van der Waals surface area contributed by atoms with E-state index in [-0.39, 0.29) is 5.91 Å². The minimum Gasteiger partial charge on any atom is -0.355 e. The topological polar surface area (TPSA) is 35.6 Å². The highest BCUT2D eigenvalue weighted by Gasteiger charge is 1.98. The molecule has 0 heterocycles. The van der Waals surface area contributed by atoms with Gasteiger partial charge in [0.1, 0.15) is 0 Å². The van der Waals surface area contributed by atoms with E-state index in [4.69, 9.17) is 0 Å². The SMILES string of the molecule is CC(=O)NCCN(C)CCN(C)C. The average molecular weight is 187 g/mol. The summed E-state index contributed by atoms with van der Waals surface area (Å²) in [5, 5.41) is 2.77. The molecule has 0 atom stereocenters. The summed E-state index contributed by atoms with van der Waals surface area (Å²) in [5.41, 5.74) is 0. The summed E-state index contributed by atoms with van der Waals surface area (Å²) in [6.45, 7) is 5.27. The minimum absolute atomic E-state index is 0.0426. The maximum atomic E-state index is 10.6. The summed E-state index contributed by atoms with van der Waals surface area (Å²) >= 11 is 0. The molecule has 0 unspecified atom stereocenters. The van der Waals surface area contributed by atoms with Crippen molar-refractivity contribution >= 4 is 5.91 Å². The van der Waals surface area contributed by atoms with Crippen LogP contribution in [0.25, 0.3) is 0 Å². The molecule has 0 aromatic carbocycles. The second-order valence-electron chi connectivity index (χ2n) is 3.59. The maximum absolute atomic E-state index is 10.6. The first-order valence-corrected chi connectivity index (χ1v) is 4.60. The summed E-state index contributed by atoms with van der Waals surface area (Å²) < 4.78 is 0. The van der Waals surface area contributed by atoms with Crippen molar-refractivity contribution < 1.29 is 4.79 Å². The molecule has 1 amide bonds. The molecule has 0 aliphatic rings. The lowest BCUT2D eigenvalue weighted by molar-refractivity contribution is -0.119. The number of hydrogen-bond acceptors (Lipinski definition) is 3. The second kappa shape index (κ2) is 6.86. The van der Waals surface area contributed by atoms with Gasteiger partial charge in [0.25, 0.3) is 0 Å². The fourth-order valence-corrected chi connectivity index (χ4v) is 0.905. The predicted octanol–water partition coefficient (Wildman–Crippen LogP) is -0.384. The molecule has 0 aliphatic heterocycles. The minimum atomic E-state index is 0.0426. The van der Waals surface area contributed by atoms with Gasteiger partial charge in [-0.1, -0.05) is 0 Å². The zero-order valence-electron chi connectivity index (χ0n) is 9.13. The van der Waals surface area contributed by atoms with Crippen LogP contribution in [0.5, 0.6) is 0 Å². The summed E-state index contributed by atoms with van der Waals surface area (Å²) in [6, 6.07) is 0. The first kappa shape index (κ1) is 12.4. The molecule has 0 bridgehead atoms. The monoisotopic (exact) mass is 187 g/mol. The van der Waals surface area contributed by atoms with Crippen molar-refractivity contribution in [1.29, 1.82) is 0 Å². The van der Waals surface area contributed by atoms with Crippen molar-refractivity contribution in [2.24, 2.45) is 0 Å². The molecule has 0 aliphatic carbocycles. The van der Waals surface area contributed by atoms with Crippen molar-refractivity contribution in [1.82, 2.24) is 15.1 Å². The highest BCUT2D eigenvalue weighted by molar-refractivity contribution is 5.72. The molecule has 13 heavy (non-hydrogen) atoms. The number of rotatable bonds is 6. The van der Waals surface area contributed by atoms with Crippen molar-refractivity contribution in [3.05, 3.63) is 0 Å². The molecular formula is C9H21N3O. The van der Waals surface area contributed by atoms with Crippen LogP contribution < -0.4 is 5.32 Å². The van der Waals surface area contributed by atoms with Crippen molar-refractivity contribution in [3.63, 3.8) is 0 Å². The Morgan fingerprint density at radius 3 is 2.23 bits per heavy atom. The predicted molar refractivity (Wildman–Crippen MR) is 54.7 cm³/mol. The normalized spacial score (nSPS) is 10.9. The highest BCUT2D eigenvalue weighted by atomic mass is 16.1. The smallest absolute Gasteiger partial charge is 0.216 e. The molecule has 78 valence electrons. The third kappa shape index (κ3) is 9.30. The molecule has 4 heteroatoms. The second-order valence-corrected chi connectivity index (χ2v) is 3.59. The van der Waals surface area contributed by atoms with Gasteiger partial charge in [0, 0.05) is 33.1 Å². The van der Waals surface area contributed by atoms with Crippen LogP contribution in [0.3, 0.4) is 0 Å². The Morgan fingerprint density at radius 1 is 1.15 bits per heavy atom. The summed E-state index contributed by atoms with van der Waals surface area (Å²) in [7, 11) is 6.18. The molecule has 0 aromatic rings. The van der Waals surface area contributed by atoms with Crippen LogP contribution in [0.1, 0.15) is 6.92 Å². The van der Waals surface area contributed by atoms with E-state index in [1.807, 2.05) is 0 Å². The Balaban J connectivity index is 3.29. The van der Waals surface area contributed by atoms with Crippen molar-refractivity contribution in [2.75, 3.05) is 47.3 Å². The van der Waals surface area contributed by atoms with Gasteiger partial charge < -0.3 is 15.1 Å². The zero-order chi connectivity index (χ0) is 10.3. The third-order valence-electron chi connectivity index (χ3n) is 1.80. The van der Waals surface area contributed by atoms with E-state index < -0.39 is 0 Å². The summed E-state index contributed by atoms with van der Waals surface area (Å²) in [6.07, 6.45) is 0. The summed E-state index contributed by atoms with van der Waals surface area (Å²) in [4.78, 5) is 14.9. The molecular weight excluding hydrogens is 166 g/mol. The van der Waals surface area contributed by atoms with E-state index in [1.165, 1.54) is 0 Å². The van der Waals surface area contributed by atoms with Crippen molar-refractivity contribution in [3.8, 4) is 0 Å². The van der Waals surface area contributed by atoms with E-state index in [2.05, 4.69) is 36.3 Å². The Bertz CT molecular complexity index is 148. The van der Waals surface area contributed by atoms with Gasteiger partial charge in [0.2, 0.25) is 5.91 Å². The van der Waals surface area contributed by atoms with Gasteiger partial charge in [0.05, 0.1) is 0 Å². The largest absolute Gasteiger partial charge is 0.355 e. The standard InChI is InChI=1S/C9H21N3O/c1-9(13)10-5-6-12(4)8-7-11(2)3/h5-8H2,1-4H3,(H,10,13). The van der Waals surface area contributed by atoms with Crippen LogP contribution in [0, 0.1) is 0 Å². The third-order valence-corrected chi connectivity index (χ3v) is 1.80. The van der Waals surface area contributed by atoms with Gasteiger partial charge in [-0.2, -0.15) is 0 Å². The van der Waals surface area contributed by atoms with Crippen LogP contribution in [-0.2, 0) is 4.79 Å². The fourth-order valence-electron chi connectivity index (χ4n) is 0.905. The van der Waals surface area contributed by atoms with Gasteiger partial charge in [0.15, 0.2) is 0 Å². The Labute approximate surface area is 80.9 Å². The highest BCUT2D eigenvalue weighted by Crippen LogP contribution is 1.82. The van der Waals surface area contributed by atoms with E-state index in [0.29, 0.717) is 0 Å². The molecule has 0 spiro atoms. The lowest BCUT2D eigenvalue weighted by atomic mass is 10.4. The quantitative estimate of drug-likeness (QED) is 0.615. The number of hydrogen-bond donors (Lipinski definition) is 1. The van der Waals surface area contributed by atoms with Gasteiger partial charge >= 0.3 is 0 Å². The van der Waals surface area contributed by atoms with Crippen molar-refractivity contribution in [2.45, 2.75) is 6.92 Å². The number of carbonyl (C=O) groups is 1. The van der Waals surface area contributed by atoms with Gasteiger partial charge in [-0.15, -0.1) is 0 Å². The molecule has 0 radical (unpaired) electrons. The molecule has 0 rings (SSSR count). The first-order valence-electron chi connectivity index (χ1n) is 4.60. The number of amides is 1. The number of nitrogens with zero attached hydrogens (tertiary/aromatic N) is 2. The van der Waals surface area contributed by atoms with Crippen LogP contribution in [-0.4, -0.2) is 63.0 Å². The Hall–Kier alpha value is -0.610. The maximum Gasteiger partial charge on any atom is 0.216 e. The van der Waals surface area contributed by atoms with E-state index >= 15 is 0 Å². The molecule has 0 saturated heterocycles. The number of likely N-dealkylation sites (N-methyl/N-ethyl adjacent to an activating group) is 2. The molecule has 0 fully saturated rings. The zero-order valence-corrected chi connectivity index (χ0v) is 9.13. The number of carbonyl (C=O) groups excluding carboxylic acids is 1. The summed E-state index contributed by atoms with van der Waals surface area (Å²) in [5.74, 6) is 0.0426. The number of nitrogens with one attached hydrogen (secondary N) is 1. The molecule has 0 saturated carbocycles. The average Bonchev–Trinajstić information content (AvgIpc) is 2.00. The lowest BCUT2D eigenvalue weighted by Gasteiger charge is -2.19. The van der Waals surface area contributed by atoms with Gasteiger partial charge in [-0.25, -0.2) is 0 Å². The Morgan fingerprint density at radius 2 is 1.77 bits per heavy atom. The van der Waals surface area contributed by atoms with Crippen LogP contribution in [0.4, 0.5) is 0 Å². The molecule has 1 N–H and O–H groups in total. The molecule has 4 nitrogen and oxygen atoms in total. The lowest BCUT2D eigenvalue weighted by Crippen LogP contribution is -2.35. The Kier molecular flexibility index (Phi) is 6.54. The van der Waals surface area contributed by atoms with Gasteiger partial charge in [-0.05, 0) is 21.1 Å². The van der Waals surface area contributed by atoms with Gasteiger partial charge in [-0.3, -0.25) is 4.79 Å². The van der Waals surface area contributed by atoms with Crippen LogP contribution in [0.2, 0.25) is 0 Å². The molecule has 0 aromatic heterocycles. The fraction of sp³-hybridized carbons (Fsp3) is 0.889. The first-order chi connectivity index (χ1) is 6.02. The van der Waals surface area contributed by atoms with Crippen LogP contribution >= 0.6 is 0 Å². The van der Waals surface area contributed by atoms with E-state index in [9.17, 15) is 4.79 Å². The van der Waals surface area contributed by atoms with Crippen LogP contribution in [0.15, 0.2) is 0 Å². The van der Waals surface area contributed by atoms with E-state index in [0.717, 1.165) is 26.2 Å². The van der Waals surface area contributed by atoms with E-state index in [1.54, 1.807) is 6.92 Å².